The number of hydrogen-bond acceptors (Lipinski definition) is 3. The van der Waals surface area contributed by atoms with Crippen molar-refractivity contribution in [2.75, 3.05) is 0 Å². The van der Waals surface area contributed by atoms with E-state index in [1.807, 2.05) is 0 Å². The van der Waals surface area contributed by atoms with Gasteiger partial charge in [-0.1, -0.05) is 0 Å². The van der Waals surface area contributed by atoms with Crippen molar-refractivity contribution in [2.24, 2.45) is 0 Å². The van der Waals surface area contributed by atoms with Crippen molar-refractivity contribution in [1.82, 2.24) is 4.98 Å². The van der Waals surface area contributed by atoms with E-state index in [0.717, 1.165) is 0 Å². The van der Waals surface area contributed by atoms with Crippen LogP contribution in [-0.4, -0.2) is 11.3 Å². The normalized spacial score (nSPS) is 11.7. The molecule has 0 bridgehead atoms. The molecular weight excluding hydrogens is 187 g/mol. The van der Waals surface area contributed by atoms with Crippen molar-refractivity contribution in [1.29, 1.82) is 0 Å². The van der Waals surface area contributed by atoms with Crippen LogP contribution in [0.1, 0.15) is 17.3 Å². The molecule has 0 fully saturated rings. The minimum atomic E-state index is -4.58. The number of carbonyl (C=O) groups is 1. The molecule has 13 heavy (non-hydrogen) atoms. The van der Waals surface area contributed by atoms with Crippen molar-refractivity contribution >= 4 is 6.29 Å². The Hall–Kier alpha value is -1.33. The lowest BCUT2D eigenvalue weighted by atomic mass is 10.3. The molecule has 0 aliphatic heterocycles. The van der Waals surface area contributed by atoms with Gasteiger partial charge in [-0.15, -0.1) is 0 Å². The second-order valence-corrected chi connectivity index (χ2v) is 2.38. The second-order valence-electron chi connectivity index (χ2n) is 2.38. The van der Waals surface area contributed by atoms with Crippen LogP contribution in [0.25, 0.3) is 0 Å². The largest absolute Gasteiger partial charge is 0.451 e. The smallest absolute Gasteiger partial charge is 0.436 e. The summed E-state index contributed by atoms with van der Waals surface area (Å²) >= 11 is 0. The van der Waals surface area contributed by atoms with Gasteiger partial charge in [0.15, 0.2) is 5.89 Å². The van der Waals surface area contributed by atoms with Gasteiger partial charge >= 0.3 is 6.18 Å². The number of nitrogens with zero attached hydrogens (tertiary/aromatic N) is 1. The maximum Gasteiger partial charge on any atom is 0.451 e. The van der Waals surface area contributed by atoms with Crippen LogP contribution in [0.4, 0.5) is 13.2 Å². The van der Waals surface area contributed by atoms with Crippen molar-refractivity contribution in [3.8, 4) is 0 Å². The van der Waals surface area contributed by atoms with Gasteiger partial charge in [0, 0.05) is 13.3 Å². The summed E-state index contributed by atoms with van der Waals surface area (Å²) in [6.45, 7) is 1.30. The molecule has 3 nitrogen and oxygen atoms in total. The van der Waals surface area contributed by atoms with E-state index in [0.29, 0.717) is 6.29 Å². The number of rotatable bonds is 2. The third kappa shape index (κ3) is 2.07. The molecule has 6 heteroatoms. The van der Waals surface area contributed by atoms with Crippen molar-refractivity contribution in [2.45, 2.75) is 19.5 Å². The van der Waals surface area contributed by atoms with E-state index in [9.17, 15) is 18.0 Å². The molecule has 1 aromatic rings. The van der Waals surface area contributed by atoms with Crippen molar-refractivity contribution in [3.05, 3.63) is 17.3 Å². The molecule has 1 aromatic heterocycles. The number of halogens is 3. The minimum absolute atomic E-state index is 0.0934. The summed E-state index contributed by atoms with van der Waals surface area (Å²) in [4.78, 5) is 13.5. The maximum absolute atomic E-state index is 12.1. The SMILES string of the molecule is Cc1nc(CC=O)c(C(F)(F)F)o1. The molecule has 0 unspecified atom stereocenters. The molecule has 0 radical (unpaired) electrons. The zero-order valence-corrected chi connectivity index (χ0v) is 6.68. The predicted molar refractivity (Wildman–Crippen MR) is 36.0 cm³/mol. The van der Waals surface area contributed by atoms with Crippen LogP contribution in [0.2, 0.25) is 0 Å². The zero-order valence-electron chi connectivity index (χ0n) is 6.68. The molecule has 0 aliphatic carbocycles. The Morgan fingerprint density at radius 3 is 2.62 bits per heavy atom. The molecule has 1 rings (SSSR count). The Bertz CT molecular complexity index is 316. The fourth-order valence-corrected chi connectivity index (χ4v) is 0.909. The quantitative estimate of drug-likeness (QED) is 0.672. The summed E-state index contributed by atoms with van der Waals surface area (Å²) in [5.74, 6) is -1.28. The summed E-state index contributed by atoms with van der Waals surface area (Å²) in [5.41, 5.74) is -0.361. The highest BCUT2D eigenvalue weighted by Gasteiger charge is 2.38. The second kappa shape index (κ2) is 3.20. The number of aromatic nitrogens is 1. The average Bonchev–Trinajstić information content (AvgIpc) is 2.30. The van der Waals surface area contributed by atoms with Crippen molar-refractivity contribution in [3.63, 3.8) is 0 Å². The van der Waals surface area contributed by atoms with Gasteiger partial charge in [0.2, 0.25) is 5.76 Å². The zero-order chi connectivity index (χ0) is 10.1. The van der Waals surface area contributed by atoms with E-state index >= 15 is 0 Å². The molecular formula is C7H6F3NO2. The van der Waals surface area contributed by atoms with Gasteiger partial charge in [-0.05, 0) is 0 Å². The predicted octanol–water partition coefficient (Wildman–Crippen LogP) is 1.74. The van der Waals surface area contributed by atoms with Crippen LogP contribution in [-0.2, 0) is 17.4 Å². The van der Waals surface area contributed by atoms with Crippen LogP contribution >= 0.6 is 0 Å². The number of aldehydes is 1. The third-order valence-corrected chi connectivity index (χ3v) is 1.34. The fourth-order valence-electron chi connectivity index (χ4n) is 0.909. The number of hydrogen-bond donors (Lipinski definition) is 0. The highest BCUT2D eigenvalue weighted by molar-refractivity contribution is 5.54. The number of carbonyl (C=O) groups excluding carboxylic acids is 1. The summed E-state index contributed by atoms with van der Waals surface area (Å²) in [5, 5.41) is 0. The Morgan fingerprint density at radius 1 is 1.54 bits per heavy atom. The van der Waals surface area contributed by atoms with Gasteiger partial charge in [0.05, 0.1) is 5.69 Å². The molecule has 0 saturated carbocycles. The first-order chi connectivity index (χ1) is 5.95. The fraction of sp³-hybridized carbons (Fsp3) is 0.429. The summed E-state index contributed by atoms with van der Waals surface area (Å²) in [7, 11) is 0. The van der Waals surface area contributed by atoms with Gasteiger partial charge in [-0.3, -0.25) is 0 Å². The lowest BCUT2D eigenvalue weighted by Crippen LogP contribution is -2.07. The Kier molecular flexibility index (Phi) is 2.40. The van der Waals surface area contributed by atoms with Crippen LogP contribution in [0.3, 0.4) is 0 Å². The number of oxazole rings is 1. The molecule has 0 spiro atoms. The maximum atomic E-state index is 12.1. The molecule has 0 atom stereocenters. The average molecular weight is 193 g/mol. The van der Waals surface area contributed by atoms with Crippen LogP contribution < -0.4 is 0 Å². The van der Waals surface area contributed by atoms with Crippen LogP contribution in [0.15, 0.2) is 4.42 Å². The first-order valence-electron chi connectivity index (χ1n) is 3.42. The molecule has 72 valence electrons. The summed E-state index contributed by atoms with van der Waals surface area (Å²) < 4.78 is 40.7. The standard InChI is InChI=1S/C7H6F3NO2/c1-4-11-5(2-3-12)6(13-4)7(8,9)10/h3H,2H2,1H3. The minimum Gasteiger partial charge on any atom is -0.436 e. The van der Waals surface area contributed by atoms with E-state index in [1.165, 1.54) is 6.92 Å². The van der Waals surface area contributed by atoms with E-state index < -0.39 is 11.9 Å². The van der Waals surface area contributed by atoms with E-state index in [4.69, 9.17) is 0 Å². The molecule has 0 aliphatic rings. The highest BCUT2D eigenvalue weighted by atomic mass is 19.4. The van der Waals surface area contributed by atoms with Gasteiger partial charge < -0.3 is 9.21 Å². The van der Waals surface area contributed by atoms with Crippen LogP contribution in [0, 0.1) is 6.92 Å². The topological polar surface area (TPSA) is 43.1 Å². The molecule has 0 saturated heterocycles. The van der Waals surface area contributed by atoms with Gasteiger partial charge in [-0.2, -0.15) is 13.2 Å². The Labute approximate surface area is 71.6 Å². The lowest BCUT2D eigenvalue weighted by Gasteiger charge is -2.01. The first-order valence-corrected chi connectivity index (χ1v) is 3.42. The van der Waals surface area contributed by atoms with Gasteiger partial charge in [0.25, 0.3) is 0 Å². The summed E-state index contributed by atoms with van der Waals surface area (Å²) in [6.07, 6.45) is -4.61. The molecule has 0 aromatic carbocycles. The van der Waals surface area contributed by atoms with Gasteiger partial charge in [-0.25, -0.2) is 4.98 Å². The van der Waals surface area contributed by atoms with E-state index in [-0.39, 0.29) is 18.0 Å². The number of aryl methyl sites for hydroxylation is 1. The van der Waals surface area contributed by atoms with E-state index in [2.05, 4.69) is 9.40 Å². The van der Waals surface area contributed by atoms with Crippen molar-refractivity contribution < 1.29 is 22.4 Å². The van der Waals surface area contributed by atoms with Crippen LogP contribution in [0.5, 0.6) is 0 Å². The highest BCUT2D eigenvalue weighted by Crippen LogP contribution is 2.32. The lowest BCUT2D eigenvalue weighted by molar-refractivity contribution is -0.154. The molecule has 0 N–H and O–H groups in total. The monoisotopic (exact) mass is 193 g/mol. The molecule has 0 amide bonds. The third-order valence-electron chi connectivity index (χ3n) is 1.34. The Morgan fingerprint density at radius 2 is 2.15 bits per heavy atom. The first kappa shape index (κ1) is 9.76. The van der Waals surface area contributed by atoms with Gasteiger partial charge in [0.1, 0.15) is 6.29 Å². The Balaban J connectivity index is 3.11. The number of alkyl halides is 3. The molecule has 1 heterocycles. The van der Waals surface area contributed by atoms with E-state index in [1.54, 1.807) is 0 Å². The summed E-state index contributed by atoms with van der Waals surface area (Å²) in [6, 6.07) is 0.